The number of phenolic OH excluding ortho intramolecular Hbond substituents is 3. The second kappa shape index (κ2) is 8.28. The quantitative estimate of drug-likeness (QED) is 0.247. The lowest BCUT2D eigenvalue weighted by Gasteiger charge is -2.29. The van der Waals surface area contributed by atoms with Gasteiger partial charge in [-0.05, 0) is 45.4 Å². The van der Waals surface area contributed by atoms with Crippen molar-refractivity contribution in [3.05, 3.63) is 69.6 Å². The Morgan fingerprint density at radius 1 is 1.14 bits per heavy atom. The van der Waals surface area contributed by atoms with Crippen LogP contribution in [-0.4, -0.2) is 44.3 Å². The molecule has 9 nitrogen and oxygen atoms in total. The molecule has 1 aliphatic carbocycles. The predicted octanol–water partition coefficient (Wildman–Crippen LogP) is 2.60. The lowest BCUT2D eigenvalue weighted by molar-refractivity contribution is -0.123. The van der Waals surface area contributed by atoms with Gasteiger partial charge in [-0.25, -0.2) is 0 Å². The Labute approximate surface area is 201 Å². The molecule has 0 amide bonds. The van der Waals surface area contributed by atoms with E-state index in [1.165, 1.54) is 39.8 Å². The molecule has 0 saturated heterocycles. The van der Waals surface area contributed by atoms with E-state index in [0.717, 1.165) is 6.08 Å². The van der Waals surface area contributed by atoms with Crippen molar-refractivity contribution in [2.24, 2.45) is 0 Å². The van der Waals surface area contributed by atoms with Gasteiger partial charge in [-0.1, -0.05) is 12.1 Å². The summed E-state index contributed by atoms with van der Waals surface area (Å²) in [4.78, 5) is 38.9. The molecule has 2 atom stereocenters. The first-order chi connectivity index (χ1) is 16.4. The first kappa shape index (κ1) is 24.0. The van der Waals surface area contributed by atoms with E-state index in [9.17, 15) is 34.8 Å². The van der Waals surface area contributed by atoms with Gasteiger partial charge < -0.3 is 30.5 Å². The molecule has 0 saturated carbocycles. The van der Waals surface area contributed by atoms with Crippen molar-refractivity contribution in [1.82, 2.24) is 5.32 Å². The number of benzene rings is 2. The molecule has 2 aromatic carbocycles. The van der Waals surface area contributed by atoms with Gasteiger partial charge in [0.25, 0.3) is 0 Å². The first-order valence-electron chi connectivity index (χ1n) is 10.9. The first-order valence-corrected chi connectivity index (χ1v) is 10.9. The van der Waals surface area contributed by atoms with Crippen LogP contribution in [0.2, 0.25) is 0 Å². The van der Waals surface area contributed by atoms with Gasteiger partial charge in [0.2, 0.25) is 0 Å². The van der Waals surface area contributed by atoms with E-state index in [1.807, 2.05) is 0 Å². The van der Waals surface area contributed by atoms with Crippen LogP contribution in [0.25, 0.3) is 0 Å². The van der Waals surface area contributed by atoms with Crippen molar-refractivity contribution in [2.45, 2.75) is 39.2 Å². The van der Waals surface area contributed by atoms with Crippen molar-refractivity contribution in [3.8, 4) is 23.0 Å². The van der Waals surface area contributed by atoms with Crippen molar-refractivity contribution in [3.63, 3.8) is 0 Å². The average molecular weight is 479 g/mol. The number of carbonyl (C=O) groups excluding carboxylic acids is 3. The second-order valence-electron chi connectivity index (χ2n) is 8.88. The van der Waals surface area contributed by atoms with E-state index < -0.39 is 40.4 Å². The molecule has 1 heterocycles. The summed E-state index contributed by atoms with van der Waals surface area (Å²) in [5, 5.41) is 44.2. The molecule has 0 fully saturated rings. The number of aromatic hydroxyl groups is 3. The van der Waals surface area contributed by atoms with Gasteiger partial charge in [-0.15, -0.1) is 0 Å². The molecule has 0 unspecified atom stereocenters. The van der Waals surface area contributed by atoms with Crippen molar-refractivity contribution in [2.75, 3.05) is 6.54 Å². The van der Waals surface area contributed by atoms with Gasteiger partial charge >= 0.3 is 0 Å². The Hall–Kier alpha value is -4.11. The standard InChI is InChI=1S/C26H25NO8/c1-11-22(32)20(13(3)28)24-21(23(11)33)26(4)18(35-24)9-16(30)19(25(26)34)12(2)27-10-17(31)14-6-5-7-15(29)8-14/h5-9,17,27,29,31-33H,10H2,1-4H3/b19-12+/t17-,26+/m1/s1. The number of aliphatic hydroxyl groups excluding tert-OH is 1. The number of nitrogens with one attached hydrogen (secondary N) is 1. The summed E-state index contributed by atoms with van der Waals surface area (Å²) < 4.78 is 5.73. The molecule has 2 aromatic rings. The number of phenols is 3. The van der Waals surface area contributed by atoms with Crippen LogP contribution in [0.1, 0.15) is 53.9 Å². The van der Waals surface area contributed by atoms with E-state index in [1.54, 1.807) is 12.1 Å². The number of Topliss-reactive ketones (excluding diaryl/α,β-unsaturated/α-hetero) is 2. The monoisotopic (exact) mass is 479 g/mol. The third kappa shape index (κ3) is 3.55. The van der Waals surface area contributed by atoms with E-state index >= 15 is 0 Å². The zero-order valence-corrected chi connectivity index (χ0v) is 19.6. The lowest BCUT2D eigenvalue weighted by Crippen LogP contribution is -2.41. The minimum absolute atomic E-state index is 0.00634. The van der Waals surface area contributed by atoms with Crippen molar-refractivity contribution >= 4 is 17.3 Å². The highest BCUT2D eigenvalue weighted by Crippen LogP contribution is 2.57. The van der Waals surface area contributed by atoms with Crippen molar-refractivity contribution in [1.29, 1.82) is 0 Å². The molecular formula is C26H25NO8. The summed E-state index contributed by atoms with van der Waals surface area (Å²) in [7, 11) is 0. The van der Waals surface area contributed by atoms with Crippen LogP contribution in [0.5, 0.6) is 23.0 Å². The number of allylic oxidation sites excluding steroid dienone is 4. The third-order valence-electron chi connectivity index (χ3n) is 6.58. The van der Waals surface area contributed by atoms with Crippen LogP contribution in [-0.2, 0) is 15.0 Å². The fourth-order valence-corrected chi connectivity index (χ4v) is 4.55. The molecule has 2 aliphatic rings. The van der Waals surface area contributed by atoms with Crippen LogP contribution in [0.3, 0.4) is 0 Å². The third-order valence-corrected chi connectivity index (χ3v) is 6.58. The lowest BCUT2D eigenvalue weighted by atomic mass is 9.70. The van der Waals surface area contributed by atoms with E-state index in [4.69, 9.17) is 4.74 Å². The van der Waals surface area contributed by atoms with Gasteiger partial charge in [-0.2, -0.15) is 0 Å². The Bertz CT molecular complexity index is 1370. The topological polar surface area (TPSA) is 153 Å². The highest BCUT2D eigenvalue weighted by Gasteiger charge is 2.56. The second-order valence-corrected chi connectivity index (χ2v) is 8.88. The van der Waals surface area contributed by atoms with Crippen molar-refractivity contribution < 1.29 is 39.5 Å². The molecule has 0 radical (unpaired) electrons. The van der Waals surface area contributed by atoms with Crippen LogP contribution >= 0.6 is 0 Å². The Balaban J connectivity index is 1.76. The Kier molecular flexibility index (Phi) is 5.68. The molecule has 0 spiro atoms. The smallest absolute Gasteiger partial charge is 0.194 e. The number of fused-ring (bicyclic) bond motifs is 3. The van der Waals surface area contributed by atoms with Gasteiger partial charge in [0.05, 0.1) is 17.2 Å². The maximum absolute atomic E-state index is 13.7. The summed E-state index contributed by atoms with van der Waals surface area (Å²) in [6.07, 6.45) is 0.0972. The Morgan fingerprint density at radius 3 is 2.46 bits per heavy atom. The van der Waals surface area contributed by atoms with E-state index in [2.05, 4.69) is 5.32 Å². The number of aliphatic hydroxyl groups is 1. The number of rotatable bonds is 5. The maximum Gasteiger partial charge on any atom is 0.194 e. The molecule has 0 aromatic heterocycles. The average Bonchev–Trinajstić information content (AvgIpc) is 3.08. The minimum Gasteiger partial charge on any atom is -0.508 e. The van der Waals surface area contributed by atoms with Gasteiger partial charge in [0.1, 0.15) is 39.7 Å². The van der Waals surface area contributed by atoms with Gasteiger partial charge in [-0.3, -0.25) is 14.4 Å². The predicted molar refractivity (Wildman–Crippen MR) is 124 cm³/mol. The molecule has 9 heteroatoms. The molecule has 182 valence electrons. The number of ketones is 3. The molecule has 35 heavy (non-hydrogen) atoms. The normalized spacial score (nSPS) is 21.0. The SMILES string of the molecule is CC(=O)c1c(O)c(C)c(O)c2c1OC1=CC(=O)/C(=C(/C)NC[C@@H](O)c3cccc(O)c3)C(=O)[C@@]12C. The molecule has 0 bridgehead atoms. The maximum atomic E-state index is 13.7. The van der Waals surface area contributed by atoms with E-state index in [-0.39, 0.29) is 51.8 Å². The number of ether oxygens (including phenoxy) is 1. The Morgan fingerprint density at radius 2 is 1.83 bits per heavy atom. The summed E-state index contributed by atoms with van der Waals surface area (Å²) in [5.74, 6) is -2.91. The summed E-state index contributed by atoms with van der Waals surface area (Å²) in [5.41, 5.74) is -1.32. The zero-order chi connectivity index (χ0) is 25.8. The minimum atomic E-state index is -1.61. The number of carbonyl (C=O) groups is 3. The van der Waals surface area contributed by atoms with Crippen LogP contribution in [0, 0.1) is 6.92 Å². The summed E-state index contributed by atoms with van der Waals surface area (Å²) >= 11 is 0. The fraction of sp³-hybridized carbons (Fsp3) is 0.269. The van der Waals surface area contributed by atoms with Crippen LogP contribution in [0.4, 0.5) is 0 Å². The molecular weight excluding hydrogens is 454 g/mol. The highest BCUT2D eigenvalue weighted by molar-refractivity contribution is 6.31. The zero-order valence-electron chi connectivity index (χ0n) is 19.6. The highest BCUT2D eigenvalue weighted by atomic mass is 16.5. The van der Waals surface area contributed by atoms with Gasteiger partial charge in [0.15, 0.2) is 17.3 Å². The largest absolute Gasteiger partial charge is 0.508 e. The van der Waals surface area contributed by atoms with E-state index in [0.29, 0.717) is 5.56 Å². The van der Waals surface area contributed by atoms with Crippen LogP contribution in [0.15, 0.2) is 47.4 Å². The van der Waals surface area contributed by atoms with Gasteiger partial charge in [0, 0.05) is 23.9 Å². The summed E-state index contributed by atoms with van der Waals surface area (Å²) in [6.45, 7) is 5.58. The van der Waals surface area contributed by atoms with Crippen LogP contribution < -0.4 is 10.1 Å². The molecule has 4 rings (SSSR count). The molecule has 1 aliphatic heterocycles. The fourth-order valence-electron chi connectivity index (χ4n) is 4.55. The number of hydrogen-bond acceptors (Lipinski definition) is 9. The number of hydrogen-bond donors (Lipinski definition) is 5. The molecule has 5 N–H and O–H groups in total. The summed E-state index contributed by atoms with van der Waals surface area (Å²) in [6, 6.07) is 6.08.